The Morgan fingerprint density at radius 3 is 2.39 bits per heavy atom. The van der Waals surface area contributed by atoms with Crippen molar-refractivity contribution < 1.29 is 19.4 Å². The minimum atomic E-state index is -1.03. The Morgan fingerprint density at radius 1 is 1.44 bits per heavy atom. The van der Waals surface area contributed by atoms with E-state index in [9.17, 15) is 4.79 Å². The van der Waals surface area contributed by atoms with Gasteiger partial charge in [-0.15, -0.1) is 6.42 Å². The molecule has 96 valence electrons. The summed E-state index contributed by atoms with van der Waals surface area (Å²) in [5.74, 6) is 2.00. The van der Waals surface area contributed by atoms with Gasteiger partial charge in [0, 0.05) is 0 Å². The molecular formula is C11H13N3O4. The molecule has 1 aromatic heterocycles. The van der Waals surface area contributed by atoms with Crippen molar-refractivity contribution in [3.05, 3.63) is 6.07 Å². The summed E-state index contributed by atoms with van der Waals surface area (Å²) in [5, 5.41) is 8.80. The fourth-order valence-electron chi connectivity index (χ4n) is 1.21. The predicted molar refractivity (Wildman–Crippen MR) is 63.8 cm³/mol. The van der Waals surface area contributed by atoms with Gasteiger partial charge in [-0.1, -0.05) is 5.92 Å². The van der Waals surface area contributed by atoms with Crippen LogP contribution in [0.15, 0.2) is 6.07 Å². The highest BCUT2D eigenvalue weighted by atomic mass is 16.5. The minimum absolute atomic E-state index is 0.0720. The predicted octanol–water partition coefficient (Wildman–Crippen LogP) is 0.0180. The number of carboxylic acid groups (broad SMARTS) is 1. The van der Waals surface area contributed by atoms with Crippen LogP contribution in [-0.4, -0.2) is 48.4 Å². The quantitative estimate of drug-likeness (QED) is 0.713. The van der Waals surface area contributed by atoms with Gasteiger partial charge in [0.25, 0.3) is 0 Å². The van der Waals surface area contributed by atoms with Crippen molar-refractivity contribution in [1.82, 2.24) is 9.97 Å². The Hall–Kier alpha value is -2.49. The molecule has 1 heterocycles. The zero-order chi connectivity index (χ0) is 13.5. The van der Waals surface area contributed by atoms with E-state index >= 15 is 0 Å². The van der Waals surface area contributed by atoms with Gasteiger partial charge in [0.05, 0.1) is 26.8 Å². The van der Waals surface area contributed by atoms with Crippen LogP contribution in [0.25, 0.3) is 0 Å². The maximum atomic E-state index is 10.7. The maximum Gasteiger partial charge on any atom is 0.323 e. The van der Waals surface area contributed by atoms with Crippen LogP contribution in [0.2, 0.25) is 0 Å². The lowest BCUT2D eigenvalue weighted by Gasteiger charge is -2.18. The Kier molecular flexibility index (Phi) is 4.75. The molecule has 0 atom stereocenters. The zero-order valence-electron chi connectivity index (χ0n) is 10.1. The minimum Gasteiger partial charge on any atom is -0.481 e. The van der Waals surface area contributed by atoms with Gasteiger partial charge < -0.3 is 19.5 Å². The molecular weight excluding hydrogens is 238 g/mol. The van der Waals surface area contributed by atoms with E-state index < -0.39 is 5.97 Å². The lowest BCUT2D eigenvalue weighted by molar-refractivity contribution is -0.135. The molecule has 1 aromatic rings. The van der Waals surface area contributed by atoms with Crippen LogP contribution in [0, 0.1) is 12.3 Å². The van der Waals surface area contributed by atoms with Gasteiger partial charge in [0.2, 0.25) is 17.7 Å². The highest BCUT2D eigenvalue weighted by Gasteiger charge is 2.15. The van der Waals surface area contributed by atoms with E-state index in [-0.39, 0.29) is 30.8 Å². The zero-order valence-corrected chi connectivity index (χ0v) is 10.1. The van der Waals surface area contributed by atoms with Crippen molar-refractivity contribution in [2.24, 2.45) is 0 Å². The van der Waals surface area contributed by atoms with Crippen LogP contribution >= 0.6 is 0 Å². The number of hydrogen-bond donors (Lipinski definition) is 1. The first-order valence-electron chi connectivity index (χ1n) is 4.98. The molecule has 0 bridgehead atoms. The molecule has 0 aromatic carbocycles. The Labute approximate surface area is 104 Å². The van der Waals surface area contributed by atoms with Gasteiger partial charge in [-0.2, -0.15) is 9.97 Å². The highest BCUT2D eigenvalue weighted by molar-refractivity contribution is 5.73. The average molecular weight is 251 g/mol. The summed E-state index contributed by atoms with van der Waals surface area (Å²) in [4.78, 5) is 20.1. The Morgan fingerprint density at radius 2 is 2.00 bits per heavy atom. The van der Waals surface area contributed by atoms with E-state index in [0.29, 0.717) is 0 Å². The molecule has 0 saturated carbocycles. The number of methoxy groups -OCH3 is 2. The number of carboxylic acids is 1. The second-order valence-corrected chi connectivity index (χ2v) is 3.21. The van der Waals surface area contributed by atoms with Gasteiger partial charge in [-0.05, 0) is 0 Å². The number of aliphatic carboxylic acids is 1. The summed E-state index contributed by atoms with van der Waals surface area (Å²) in [7, 11) is 2.88. The number of aromatic nitrogens is 2. The SMILES string of the molecule is C#CCN(CC(=O)O)c1nc(OC)cc(OC)n1. The van der Waals surface area contributed by atoms with Gasteiger partial charge in [0.1, 0.15) is 6.54 Å². The van der Waals surface area contributed by atoms with E-state index in [1.807, 2.05) is 0 Å². The molecule has 0 fully saturated rings. The molecule has 18 heavy (non-hydrogen) atoms. The van der Waals surface area contributed by atoms with Crippen LogP contribution in [0.1, 0.15) is 0 Å². The van der Waals surface area contributed by atoms with E-state index in [2.05, 4.69) is 15.9 Å². The third-order valence-electron chi connectivity index (χ3n) is 1.98. The third-order valence-corrected chi connectivity index (χ3v) is 1.98. The van der Waals surface area contributed by atoms with Crippen LogP contribution in [0.5, 0.6) is 11.8 Å². The van der Waals surface area contributed by atoms with Gasteiger partial charge >= 0.3 is 5.97 Å². The van der Waals surface area contributed by atoms with E-state index in [1.165, 1.54) is 25.2 Å². The molecule has 7 heteroatoms. The van der Waals surface area contributed by atoms with Crippen molar-refractivity contribution in [3.8, 4) is 24.1 Å². The largest absolute Gasteiger partial charge is 0.481 e. The number of rotatable bonds is 6. The molecule has 7 nitrogen and oxygen atoms in total. The van der Waals surface area contributed by atoms with Crippen LogP contribution in [0.4, 0.5) is 5.95 Å². The number of anilines is 1. The highest BCUT2D eigenvalue weighted by Crippen LogP contribution is 2.19. The smallest absolute Gasteiger partial charge is 0.323 e. The summed E-state index contributed by atoms with van der Waals surface area (Å²) >= 11 is 0. The van der Waals surface area contributed by atoms with Gasteiger partial charge in [-0.25, -0.2) is 0 Å². The topological polar surface area (TPSA) is 84.8 Å². The number of ether oxygens (including phenoxy) is 2. The van der Waals surface area contributed by atoms with E-state index in [4.69, 9.17) is 21.0 Å². The molecule has 0 saturated heterocycles. The molecule has 1 rings (SSSR count). The lowest BCUT2D eigenvalue weighted by Crippen LogP contribution is -2.31. The molecule has 0 aliphatic carbocycles. The second kappa shape index (κ2) is 6.30. The van der Waals surface area contributed by atoms with Crippen LogP contribution < -0.4 is 14.4 Å². The number of hydrogen-bond acceptors (Lipinski definition) is 6. The monoisotopic (exact) mass is 251 g/mol. The summed E-state index contributed by atoms with van der Waals surface area (Å²) in [5.41, 5.74) is 0. The lowest BCUT2D eigenvalue weighted by atomic mass is 10.5. The molecule has 0 unspecified atom stereocenters. The van der Waals surface area contributed by atoms with E-state index in [0.717, 1.165) is 0 Å². The summed E-state index contributed by atoms with van der Waals surface area (Å²) in [6.07, 6.45) is 5.18. The van der Waals surface area contributed by atoms with Crippen LogP contribution in [-0.2, 0) is 4.79 Å². The normalized spacial score (nSPS) is 9.39. The molecule has 0 radical (unpaired) electrons. The van der Waals surface area contributed by atoms with Crippen molar-refractivity contribution in [3.63, 3.8) is 0 Å². The van der Waals surface area contributed by atoms with Gasteiger partial charge in [-0.3, -0.25) is 4.79 Å². The van der Waals surface area contributed by atoms with E-state index in [1.54, 1.807) is 0 Å². The third kappa shape index (κ3) is 3.52. The van der Waals surface area contributed by atoms with Crippen molar-refractivity contribution in [2.75, 3.05) is 32.2 Å². The van der Waals surface area contributed by atoms with Gasteiger partial charge in [0.15, 0.2) is 0 Å². The average Bonchev–Trinajstić information content (AvgIpc) is 2.37. The summed E-state index contributed by atoms with van der Waals surface area (Å²) < 4.78 is 9.95. The molecule has 1 N–H and O–H groups in total. The van der Waals surface area contributed by atoms with Crippen LogP contribution in [0.3, 0.4) is 0 Å². The summed E-state index contributed by atoms with van der Waals surface area (Å²) in [6.45, 7) is -0.233. The fourth-order valence-corrected chi connectivity index (χ4v) is 1.21. The first kappa shape index (κ1) is 13.6. The standard InChI is InChI=1S/C11H13N3O4/c1-4-5-14(7-10(15)16)11-12-8(17-2)6-9(13-11)18-3/h1,6H,5,7H2,2-3H3,(H,15,16). The first-order chi connectivity index (χ1) is 8.60. The molecule has 0 amide bonds. The maximum absolute atomic E-state index is 10.7. The van der Waals surface area contributed by atoms with Crippen molar-refractivity contribution in [2.45, 2.75) is 0 Å². The Bertz CT molecular complexity index is 448. The second-order valence-electron chi connectivity index (χ2n) is 3.21. The number of nitrogens with zero attached hydrogens (tertiary/aromatic N) is 3. The number of terminal acetylenes is 1. The summed E-state index contributed by atoms with van der Waals surface area (Å²) in [6, 6.07) is 1.48. The number of carbonyl (C=O) groups is 1. The molecule has 0 aliphatic heterocycles. The Balaban J connectivity index is 3.09. The molecule has 0 spiro atoms. The van der Waals surface area contributed by atoms with Crippen molar-refractivity contribution >= 4 is 11.9 Å². The first-order valence-corrected chi connectivity index (χ1v) is 4.98. The molecule has 0 aliphatic rings. The fraction of sp³-hybridized carbons (Fsp3) is 0.364. The van der Waals surface area contributed by atoms with Crippen molar-refractivity contribution in [1.29, 1.82) is 0 Å².